The number of aryl methyl sites for hydroxylation is 1. The van der Waals surface area contributed by atoms with Crippen LogP contribution in [0.3, 0.4) is 0 Å². The summed E-state index contributed by atoms with van der Waals surface area (Å²) in [5.74, 6) is 1.32. The first-order valence-corrected chi connectivity index (χ1v) is 11.4. The Morgan fingerprint density at radius 3 is 2.48 bits per heavy atom. The Kier molecular flexibility index (Phi) is 5.69. The second-order valence-electron chi connectivity index (χ2n) is 8.36. The van der Waals surface area contributed by atoms with Crippen molar-refractivity contribution < 1.29 is 14.6 Å². The minimum absolute atomic E-state index is 0.348. The summed E-state index contributed by atoms with van der Waals surface area (Å²) in [5.41, 5.74) is 1.01. The first kappa shape index (κ1) is 22.0. The van der Waals surface area contributed by atoms with E-state index in [4.69, 9.17) is 32.7 Å². The van der Waals surface area contributed by atoms with E-state index in [9.17, 15) is 5.11 Å². The molecule has 2 heterocycles. The Morgan fingerprint density at radius 2 is 1.85 bits per heavy atom. The van der Waals surface area contributed by atoms with Crippen molar-refractivity contribution in [1.82, 2.24) is 14.5 Å². The number of benzene rings is 2. The summed E-state index contributed by atoms with van der Waals surface area (Å²) in [5, 5.41) is 13.8. The number of aromatic nitrogens is 3. The number of rotatable bonds is 7. The number of aliphatic hydroxyl groups is 1. The maximum atomic E-state index is 12.2. The highest BCUT2D eigenvalue weighted by molar-refractivity contribution is 6.37. The molecule has 0 spiro atoms. The molecule has 1 aliphatic rings. The number of pyridine rings is 1. The van der Waals surface area contributed by atoms with Crippen LogP contribution in [0.2, 0.25) is 10.0 Å². The van der Waals surface area contributed by atoms with Crippen molar-refractivity contribution in [1.29, 1.82) is 0 Å². The molecule has 6 nitrogen and oxygen atoms in total. The Labute approximate surface area is 201 Å². The standard InChI is InChI=1S/C25H23Cl2N3O3/c1-30-14-28-12-21(30)25(31,16-5-8-18(26)9-6-16)17-7-10-20-19(11-17)22(27)23(24(29-20)32-2)33-13-15-3-4-15/h5-12,14-15,31H,3-4,13H2,1-2H3. The maximum Gasteiger partial charge on any atom is 0.258 e. The van der Waals surface area contributed by atoms with Gasteiger partial charge in [0.2, 0.25) is 5.75 Å². The fourth-order valence-corrected chi connectivity index (χ4v) is 4.43. The molecule has 4 aromatic rings. The summed E-state index contributed by atoms with van der Waals surface area (Å²) in [6, 6.07) is 12.6. The molecule has 1 fully saturated rings. The zero-order chi connectivity index (χ0) is 23.2. The Bertz CT molecular complexity index is 1320. The third kappa shape index (κ3) is 3.92. The molecule has 0 saturated heterocycles. The lowest BCUT2D eigenvalue weighted by Gasteiger charge is -2.30. The van der Waals surface area contributed by atoms with Gasteiger partial charge in [-0.3, -0.25) is 0 Å². The van der Waals surface area contributed by atoms with Crippen LogP contribution in [-0.4, -0.2) is 33.4 Å². The van der Waals surface area contributed by atoms with Gasteiger partial charge in [0, 0.05) is 17.5 Å². The van der Waals surface area contributed by atoms with E-state index in [0.29, 0.717) is 61.9 Å². The highest BCUT2D eigenvalue weighted by atomic mass is 35.5. The maximum absolute atomic E-state index is 12.2. The average Bonchev–Trinajstić information content (AvgIpc) is 3.55. The van der Waals surface area contributed by atoms with E-state index in [0.717, 1.165) is 12.8 Å². The van der Waals surface area contributed by atoms with Crippen molar-refractivity contribution in [3.8, 4) is 11.6 Å². The summed E-state index contributed by atoms with van der Waals surface area (Å²) in [6.07, 6.45) is 5.62. The number of imidazole rings is 1. The van der Waals surface area contributed by atoms with Crippen LogP contribution < -0.4 is 9.47 Å². The second kappa shape index (κ2) is 8.52. The molecule has 8 heteroatoms. The molecular formula is C25H23Cl2N3O3. The summed E-state index contributed by atoms with van der Waals surface area (Å²) >= 11 is 12.9. The van der Waals surface area contributed by atoms with Gasteiger partial charge in [-0.05, 0) is 54.2 Å². The molecule has 0 aliphatic heterocycles. The lowest BCUT2D eigenvalue weighted by Crippen LogP contribution is -2.31. The van der Waals surface area contributed by atoms with Crippen molar-refractivity contribution in [2.24, 2.45) is 13.0 Å². The number of fused-ring (bicyclic) bond motifs is 1. The Balaban J connectivity index is 1.69. The summed E-state index contributed by atoms with van der Waals surface area (Å²) in [7, 11) is 3.39. The van der Waals surface area contributed by atoms with Gasteiger partial charge in [-0.25, -0.2) is 9.97 Å². The van der Waals surface area contributed by atoms with Gasteiger partial charge in [0.1, 0.15) is 0 Å². The monoisotopic (exact) mass is 483 g/mol. The fourth-order valence-electron chi connectivity index (χ4n) is 4.02. The van der Waals surface area contributed by atoms with Gasteiger partial charge in [0.25, 0.3) is 5.88 Å². The number of hydrogen-bond acceptors (Lipinski definition) is 5. The fraction of sp³-hybridized carbons (Fsp3) is 0.280. The van der Waals surface area contributed by atoms with E-state index in [-0.39, 0.29) is 0 Å². The largest absolute Gasteiger partial charge is 0.486 e. The minimum atomic E-state index is -1.50. The average molecular weight is 484 g/mol. The van der Waals surface area contributed by atoms with Crippen molar-refractivity contribution in [2.75, 3.05) is 13.7 Å². The van der Waals surface area contributed by atoms with Gasteiger partial charge in [-0.2, -0.15) is 0 Å². The normalized spacial score (nSPS) is 15.4. The predicted octanol–water partition coefficient (Wildman–Crippen LogP) is 5.36. The van der Waals surface area contributed by atoms with Gasteiger partial charge in [-0.15, -0.1) is 0 Å². The Hall–Kier alpha value is -2.80. The summed E-state index contributed by atoms with van der Waals surface area (Å²) < 4.78 is 13.2. The number of methoxy groups -OCH3 is 1. The van der Waals surface area contributed by atoms with E-state index in [1.165, 1.54) is 0 Å². The molecule has 2 aromatic heterocycles. The number of ether oxygens (including phenoxy) is 2. The Morgan fingerprint density at radius 1 is 1.12 bits per heavy atom. The zero-order valence-corrected chi connectivity index (χ0v) is 19.8. The number of nitrogens with zero attached hydrogens (tertiary/aromatic N) is 3. The first-order valence-electron chi connectivity index (χ1n) is 10.7. The van der Waals surface area contributed by atoms with Crippen molar-refractivity contribution in [3.63, 3.8) is 0 Å². The molecule has 0 bridgehead atoms. The van der Waals surface area contributed by atoms with Crippen molar-refractivity contribution in [3.05, 3.63) is 81.9 Å². The molecule has 0 radical (unpaired) electrons. The molecule has 1 saturated carbocycles. The SMILES string of the molecule is COc1nc2ccc(C(O)(c3ccc(Cl)cc3)c3cncn3C)cc2c(Cl)c1OCC1CC1. The van der Waals surface area contributed by atoms with E-state index < -0.39 is 5.60 Å². The second-order valence-corrected chi connectivity index (χ2v) is 9.17. The summed E-state index contributed by atoms with van der Waals surface area (Å²) in [4.78, 5) is 8.81. The highest BCUT2D eigenvalue weighted by Gasteiger charge is 2.37. The highest BCUT2D eigenvalue weighted by Crippen LogP contribution is 2.43. The molecule has 33 heavy (non-hydrogen) atoms. The van der Waals surface area contributed by atoms with Gasteiger partial charge >= 0.3 is 0 Å². The molecule has 2 aromatic carbocycles. The first-order chi connectivity index (χ1) is 15.9. The van der Waals surface area contributed by atoms with Crippen LogP contribution in [0.5, 0.6) is 11.6 Å². The van der Waals surface area contributed by atoms with Crippen LogP contribution in [0.15, 0.2) is 55.0 Å². The van der Waals surface area contributed by atoms with Crippen LogP contribution in [0.25, 0.3) is 10.9 Å². The van der Waals surface area contributed by atoms with E-state index in [1.54, 1.807) is 48.5 Å². The lowest BCUT2D eigenvalue weighted by atomic mass is 9.83. The molecule has 170 valence electrons. The van der Waals surface area contributed by atoms with Crippen LogP contribution in [0.4, 0.5) is 0 Å². The smallest absolute Gasteiger partial charge is 0.258 e. The summed E-state index contributed by atoms with van der Waals surface area (Å²) in [6.45, 7) is 0.576. The van der Waals surface area contributed by atoms with Gasteiger partial charge in [-0.1, -0.05) is 41.4 Å². The lowest BCUT2D eigenvalue weighted by molar-refractivity contribution is 0.117. The van der Waals surface area contributed by atoms with Gasteiger partial charge in [0.15, 0.2) is 5.60 Å². The molecular weight excluding hydrogens is 461 g/mol. The van der Waals surface area contributed by atoms with Crippen LogP contribution in [0.1, 0.15) is 29.7 Å². The molecule has 5 rings (SSSR count). The van der Waals surface area contributed by atoms with Gasteiger partial charge in [0.05, 0.1) is 42.5 Å². The van der Waals surface area contributed by atoms with E-state index in [1.807, 2.05) is 25.2 Å². The van der Waals surface area contributed by atoms with Crippen LogP contribution in [-0.2, 0) is 12.6 Å². The van der Waals surface area contributed by atoms with Crippen LogP contribution in [0, 0.1) is 5.92 Å². The van der Waals surface area contributed by atoms with E-state index in [2.05, 4.69) is 9.97 Å². The molecule has 1 N–H and O–H groups in total. The number of halogens is 2. The molecule has 1 aliphatic carbocycles. The molecule has 1 atom stereocenters. The third-order valence-corrected chi connectivity index (χ3v) is 6.70. The quantitative estimate of drug-likeness (QED) is 0.383. The van der Waals surface area contributed by atoms with Crippen LogP contribution >= 0.6 is 23.2 Å². The van der Waals surface area contributed by atoms with Crippen molar-refractivity contribution >= 4 is 34.1 Å². The van der Waals surface area contributed by atoms with Gasteiger partial charge < -0.3 is 19.1 Å². The van der Waals surface area contributed by atoms with E-state index >= 15 is 0 Å². The predicted molar refractivity (Wildman–Crippen MR) is 128 cm³/mol. The zero-order valence-electron chi connectivity index (χ0n) is 18.3. The number of hydrogen-bond donors (Lipinski definition) is 1. The molecule has 0 amide bonds. The third-order valence-electron chi connectivity index (χ3n) is 6.07. The topological polar surface area (TPSA) is 69.4 Å². The van der Waals surface area contributed by atoms with Crippen molar-refractivity contribution in [2.45, 2.75) is 18.4 Å². The minimum Gasteiger partial charge on any atom is -0.486 e. The molecule has 1 unspecified atom stereocenters.